The number of hydrogen-bond donors (Lipinski definition) is 0. The van der Waals surface area contributed by atoms with Crippen LogP contribution in [0.15, 0.2) is 18.2 Å². The molecule has 0 radical (unpaired) electrons. The van der Waals surface area contributed by atoms with Crippen LogP contribution in [0.4, 0.5) is 9.18 Å². The van der Waals surface area contributed by atoms with Crippen LogP contribution in [0.2, 0.25) is 0 Å². The summed E-state index contributed by atoms with van der Waals surface area (Å²) in [5.41, 5.74) is -1.22. The number of halogens is 1. The summed E-state index contributed by atoms with van der Waals surface area (Å²) in [6, 6.07) is 4.69. The Kier molecular flexibility index (Phi) is 8.59. The number of ether oxygens (including phenoxy) is 3. The van der Waals surface area contributed by atoms with Gasteiger partial charge in [0.25, 0.3) is 0 Å². The predicted molar refractivity (Wildman–Crippen MR) is 122 cm³/mol. The summed E-state index contributed by atoms with van der Waals surface area (Å²) in [5.74, 6) is 0.00913. The second-order valence-corrected chi connectivity index (χ2v) is 9.99. The van der Waals surface area contributed by atoms with Gasteiger partial charge in [-0.2, -0.15) is 0 Å². The number of nitrogens with zero attached hydrogens (tertiary/aromatic N) is 1. The van der Waals surface area contributed by atoms with Crippen molar-refractivity contribution in [2.24, 2.45) is 0 Å². The third-order valence-corrected chi connectivity index (χ3v) is 5.46. The molecule has 32 heavy (non-hydrogen) atoms. The third-order valence-electron chi connectivity index (χ3n) is 5.46. The summed E-state index contributed by atoms with van der Waals surface area (Å²) in [5, 5.41) is 0. The van der Waals surface area contributed by atoms with Gasteiger partial charge in [0.15, 0.2) is 0 Å². The zero-order valence-corrected chi connectivity index (χ0v) is 20.6. The van der Waals surface area contributed by atoms with Gasteiger partial charge in [-0.25, -0.2) is 9.18 Å². The summed E-state index contributed by atoms with van der Waals surface area (Å²) < 4.78 is 42.9. The van der Waals surface area contributed by atoms with Crippen LogP contribution >= 0.6 is 0 Å². The zero-order valence-electron chi connectivity index (χ0n) is 20.6. The molecule has 1 aliphatic rings. The topological polar surface area (TPSA) is 66.5 Å². The first-order chi connectivity index (χ1) is 14.7. The van der Waals surface area contributed by atoms with Crippen LogP contribution in [0.1, 0.15) is 54.9 Å². The number of rotatable bonds is 9. The highest BCUT2D eigenvalue weighted by atomic mass is 19.1. The molecular weight excluding hydrogens is 416 g/mol. The molecule has 180 valence electrons. The fraction of sp³-hybridized carbons (Fsp3) is 0.696. The average Bonchev–Trinajstić information content (AvgIpc) is 2.86. The minimum atomic E-state index is -0.749. The number of carbonyl (C=O) groups excluding carboxylic acids is 1. The molecule has 2 rings (SSSR count). The Morgan fingerprint density at radius 2 is 1.72 bits per heavy atom. The molecule has 1 aliphatic heterocycles. The number of benzene rings is 1. The molecule has 0 spiro atoms. The van der Waals surface area contributed by atoms with Crippen LogP contribution in [0.5, 0.6) is 5.75 Å². The molecule has 0 unspecified atom stereocenters. The van der Waals surface area contributed by atoms with Gasteiger partial charge in [0.2, 0.25) is 0 Å². The molecule has 7 nitrogen and oxygen atoms in total. The van der Waals surface area contributed by atoms with Crippen molar-refractivity contribution in [2.45, 2.75) is 71.7 Å². The van der Waals surface area contributed by atoms with Crippen LogP contribution in [0.25, 0.3) is 0 Å². The summed E-state index contributed by atoms with van der Waals surface area (Å²) >= 11 is 0. The summed E-state index contributed by atoms with van der Waals surface area (Å²) in [7, 11) is 0.920. The Labute approximate surface area is 191 Å². The second kappa shape index (κ2) is 10.4. The molecule has 0 saturated carbocycles. The Morgan fingerprint density at radius 1 is 1.09 bits per heavy atom. The van der Waals surface area contributed by atoms with Gasteiger partial charge in [-0.3, -0.25) is 0 Å². The van der Waals surface area contributed by atoms with Crippen molar-refractivity contribution in [3.05, 3.63) is 24.0 Å². The van der Waals surface area contributed by atoms with Gasteiger partial charge in [-0.05, 0) is 54.5 Å². The van der Waals surface area contributed by atoms with Gasteiger partial charge in [-0.15, -0.1) is 0 Å². The third kappa shape index (κ3) is 7.35. The summed E-state index contributed by atoms with van der Waals surface area (Å²) in [4.78, 5) is 13.3. The van der Waals surface area contributed by atoms with E-state index in [-0.39, 0.29) is 6.09 Å². The van der Waals surface area contributed by atoms with E-state index in [1.54, 1.807) is 19.2 Å². The highest BCUT2D eigenvalue weighted by Crippen LogP contribution is 2.36. The Hall–Kier alpha value is -1.84. The highest BCUT2D eigenvalue weighted by molar-refractivity contribution is 6.62. The maximum Gasteiger partial charge on any atom is 0.497 e. The maximum atomic E-state index is 14.6. The van der Waals surface area contributed by atoms with Crippen molar-refractivity contribution < 1.29 is 32.7 Å². The molecule has 0 aromatic heterocycles. The maximum absolute atomic E-state index is 14.6. The fourth-order valence-corrected chi connectivity index (χ4v) is 2.84. The molecule has 0 bridgehead atoms. The van der Waals surface area contributed by atoms with E-state index < -0.39 is 29.7 Å². The molecule has 1 aromatic rings. The minimum absolute atomic E-state index is 0.355. The van der Waals surface area contributed by atoms with Crippen molar-refractivity contribution in [2.75, 3.05) is 33.4 Å². The number of carbonyl (C=O) groups is 1. The summed E-state index contributed by atoms with van der Waals surface area (Å²) in [6.45, 7) is 14.9. The van der Waals surface area contributed by atoms with E-state index in [1.165, 1.54) is 11.0 Å². The Balaban J connectivity index is 1.68. The average molecular weight is 453 g/mol. The first-order valence-corrected chi connectivity index (χ1v) is 11.0. The lowest BCUT2D eigenvalue weighted by molar-refractivity contribution is 0.00578. The normalized spacial score (nSPS) is 17.3. The number of likely N-dealkylation sites (N-methyl/N-ethyl adjacent to an activating group) is 1. The Morgan fingerprint density at radius 3 is 2.28 bits per heavy atom. The van der Waals surface area contributed by atoms with E-state index in [0.29, 0.717) is 44.0 Å². The molecular formula is C23H37BFNO6. The molecule has 1 heterocycles. The zero-order chi connectivity index (χ0) is 24.2. The number of hydrogen-bond acceptors (Lipinski definition) is 6. The van der Waals surface area contributed by atoms with Crippen LogP contribution in [-0.2, 0) is 18.8 Å². The molecule has 1 amide bonds. The van der Waals surface area contributed by atoms with E-state index in [2.05, 4.69) is 0 Å². The molecule has 0 N–H and O–H groups in total. The van der Waals surface area contributed by atoms with Crippen molar-refractivity contribution in [3.63, 3.8) is 0 Å². The first kappa shape index (κ1) is 26.4. The molecule has 1 fully saturated rings. The van der Waals surface area contributed by atoms with Crippen molar-refractivity contribution in [1.29, 1.82) is 0 Å². The van der Waals surface area contributed by atoms with Crippen molar-refractivity contribution in [3.8, 4) is 5.75 Å². The lowest BCUT2D eigenvalue weighted by Gasteiger charge is -2.32. The lowest BCUT2D eigenvalue weighted by Crippen LogP contribution is -2.41. The van der Waals surface area contributed by atoms with Gasteiger partial charge >= 0.3 is 13.2 Å². The fourth-order valence-electron chi connectivity index (χ4n) is 2.84. The molecule has 0 aliphatic carbocycles. The second-order valence-electron chi connectivity index (χ2n) is 9.99. The van der Waals surface area contributed by atoms with Gasteiger partial charge in [0.05, 0.1) is 24.4 Å². The monoisotopic (exact) mass is 453 g/mol. The Bertz CT molecular complexity index is 764. The summed E-state index contributed by atoms with van der Waals surface area (Å²) in [6.07, 6.45) is 0.256. The quantitative estimate of drug-likeness (QED) is 0.419. The highest BCUT2D eigenvalue weighted by Gasteiger charge is 2.52. The SMILES string of the molecule is CN(CCOCCCOc1ccc(B2OC(C)(C)C(C)(C)O2)c(F)c1)C(=O)OC(C)(C)C. The van der Waals surface area contributed by atoms with Crippen molar-refractivity contribution in [1.82, 2.24) is 4.90 Å². The van der Waals surface area contributed by atoms with E-state index in [4.69, 9.17) is 23.5 Å². The van der Waals surface area contributed by atoms with Gasteiger partial charge in [0.1, 0.15) is 17.2 Å². The first-order valence-electron chi connectivity index (χ1n) is 11.0. The van der Waals surface area contributed by atoms with E-state index in [9.17, 15) is 9.18 Å². The smallest absolute Gasteiger partial charge is 0.493 e. The van der Waals surface area contributed by atoms with Crippen LogP contribution < -0.4 is 10.2 Å². The lowest BCUT2D eigenvalue weighted by atomic mass is 9.78. The molecule has 0 atom stereocenters. The van der Waals surface area contributed by atoms with E-state index >= 15 is 0 Å². The van der Waals surface area contributed by atoms with Crippen LogP contribution in [0, 0.1) is 5.82 Å². The van der Waals surface area contributed by atoms with Crippen LogP contribution in [-0.4, -0.2) is 68.3 Å². The number of amides is 1. The van der Waals surface area contributed by atoms with Gasteiger partial charge < -0.3 is 28.4 Å². The van der Waals surface area contributed by atoms with Crippen molar-refractivity contribution >= 4 is 18.7 Å². The van der Waals surface area contributed by atoms with E-state index in [0.717, 1.165) is 0 Å². The standard InChI is InChI=1S/C23H37BFNO6/c1-21(2,3)30-20(27)26(8)12-15-28-13-9-14-29-17-10-11-18(19(25)16-17)24-31-22(4,5)23(6,7)32-24/h10-11,16H,9,12-15H2,1-8H3. The molecule has 9 heteroatoms. The molecule has 1 saturated heterocycles. The van der Waals surface area contributed by atoms with E-state index in [1.807, 2.05) is 48.5 Å². The minimum Gasteiger partial charge on any atom is -0.493 e. The largest absolute Gasteiger partial charge is 0.497 e. The van der Waals surface area contributed by atoms with Gasteiger partial charge in [-0.1, -0.05) is 6.07 Å². The van der Waals surface area contributed by atoms with Crippen LogP contribution in [0.3, 0.4) is 0 Å². The molecule has 1 aromatic carbocycles. The van der Waals surface area contributed by atoms with Gasteiger partial charge in [0, 0.05) is 38.1 Å². The predicted octanol–water partition coefficient (Wildman–Crippen LogP) is 3.78.